The van der Waals surface area contributed by atoms with Gasteiger partial charge in [-0.3, -0.25) is 0 Å². The van der Waals surface area contributed by atoms with Crippen LogP contribution in [0.2, 0.25) is 5.02 Å². The van der Waals surface area contributed by atoms with Gasteiger partial charge in [0, 0.05) is 23.8 Å². The third kappa shape index (κ3) is 2.07. The molecule has 1 aliphatic rings. The first-order chi connectivity index (χ1) is 8.36. The molecule has 1 heterocycles. The first-order valence-corrected chi connectivity index (χ1v) is 6.49. The third-order valence-corrected chi connectivity index (χ3v) is 4.28. The van der Waals surface area contributed by atoms with Gasteiger partial charge in [0.2, 0.25) is 0 Å². The fraction of sp³-hybridized carbons (Fsp3) is 0.500. The van der Waals surface area contributed by atoms with Crippen molar-refractivity contribution in [1.29, 1.82) is 0 Å². The summed E-state index contributed by atoms with van der Waals surface area (Å²) < 4.78 is 0. The predicted octanol–water partition coefficient (Wildman–Crippen LogP) is 3.87. The molecule has 1 aliphatic heterocycles. The van der Waals surface area contributed by atoms with Gasteiger partial charge in [-0.1, -0.05) is 23.7 Å². The van der Waals surface area contributed by atoms with Crippen molar-refractivity contribution in [2.24, 2.45) is 5.16 Å². The average molecular weight is 267 g/mol. The average Bonchev–Trinajstić information content (AvgIpc) is 2.28. The van der Waals surface area contributed by atoms with Crippen molar-refractivity contribution < 1.29 is 5.21 Å². The Kier molecular flexibility index (Phi) is 3.28. The number of oxime groups is 1. The summed E-state index contributed by atoms with van der Waals surface area (Å²) in [5.74, 6) is 0.467. The quantitative estimate of drug-likeness (QED) is 0.476. The van der Waals surface area contributed by atoms with Crippen LogP contribution in [-0.2, 0) is 0 Å². The van der Waals surface area contributed by atoms with Gasteiger partial charge in [0.1, 0.15) is 0 Å². The van der Waals surface area contributed by atoms with E-state index < -0.39 is 0 Å². The minimum Gasteiger partial charge on any atom is -0.411 e. The number of rotatable bonds is 1. The lowest BCUT2D eigenvalue weighted by Crippen LogP contribution is -2.45. The maximum atomic E-state index is 8.65. The molecule has 0 bridgehead atoms. The second-order valence-corrected chi connectivity index (χ2v) is 6.06. The van der Waals surface area contributed by atoms with Crippen molar-refractivity contribution in [1.82, 2.24) is 0 Å². The van der Waals surface area contributed by atoms with Gasteiger partial charge >= 0.3 is 0 Å². The Hall–Kier alpha value is -1.22. The molecule has 0 fully saturated rings. The number of anilines is 1. The van der Waals surface area contributed by atoms with Crippen molar-refractivity contribution in [3.63, 3.8) is 0 Å². The molecule has 0 spiro atoms. The van der Waals surface area contributed by atoms with Crippen molar-refractivity contribution >= 4 is 23.5 Å². The summed E-state index contributed by atoms with van der Waals surface area (Å²) in [4.78, 5) is 2.27. The molecule has 0 aliphatic carbocycles. The van der Waals surface area contributed by atoms with Gasteiger partial charge in [0.15, 0.2) is 0 Å². The van der Waals surface area contributed by atoms with Gasteiger partial charge in [0.05, 0.1) is 11.2 Å². The second-order valence-electron chi connectivity index (χ2n) is 5.65. The molecule has 1 unspecified atom stereocenters. The number of fused-ring (bicyclic) bond motifs is 1. The molecule has 3 nitrogen and oxygen atoms in total. The zero-order valence-corrected chi connectivity index (χ0v) is 12.0. The molecule has 0 aromatic heterocycles. The van der Waals surface area contributed by atoms with Gasteiger partial charge in [0.25, 0.3) is 0 Å². The minimum atomic E-state index is 0.127. The molecular weight excluding hydrogens is 248 g/mol. The van der Waals surface area contributed by atoms with Crippen LogP contribution in [0.3, 0.4) is 0 Å². The lowest BCUT2D eigenvalue weighted by atomic mass is 9.80. The van der Waals surface area contributed by atoms with E-state index in [0.717, 1.165) is 12.0 Å². The van der Waals surface area contributed by atoms with Gasteiger partial charge in [-0.15, -0.1) is 0 Å². The Balaban J connectivity index is 2.58. The molecule has 0 saturated heterocycles. The van der Waals surface area contributed by atoms with Gasteiger partial charge < -0.3 is 10.1 Å². The molecule has 18 heavy (non-hydrogen) atoms. The summed E-state index contributed by atoms with van der Waals surface area (Å²) in [7, 11) is 2.10. The highest BCUT2D eigenvalue weighted by molar-refractivity contribution is 6.33. The molecule has 0 saturated carbocycles. The summed E-state index contributed by atoms with van der Waals surface area (Å²) in [6.45, 7) is 6.70. The van der Waals surface area contributed by atoms with Crippen LogP contribution in [0.4, 0.5) is 5.69 Å². The van der Waals surface area contributed by atoms with Crippen LogP contribution in [0.1, 0.15) is 44.2 Å². The molecule has 1 atom stereocenters. The first kappa shape index (κ1) is 13.2. The first-order valence-electron chi connectivity index (χ1n) is 6.11. The van der Waals surface area contributed by atoms with E-state index >= 15 is 0 Å². The van der Waals surface area contributed by atoms with E-state index in [1.54, 1.807) is 0 Å². The summed E-state index contributed by atoms with van der Waals surface area (Å²) in [5.41, 5.74) is 3.32. The van der Waals surface area contributed by atoms with E-state index in [1.165, 1.54) is 17.5 Å². The van der Waals surface area contributed by atoms with Crippen LogP contribution in [-0.4, -0.2) is 24.0 Å². The highest BCUT2D eigenvalue weighted by Gasteiger charge is 2.34. The number of hydrogen-bond acceptors (Lipinski definition) is 3. The van der Waals surface area contributed by atoms with E-state index in [2.05, 4.69) is 37.9 Å². The third-order valence-electron chi connectivity index (χ3n) is 3.95. The van der Waals surface area contributed by atoms with Crippen LogP contribution < -0.4 is 4.90 Å². The fourth-order valence-corrected chi connectivity index (χ4v) is 2.97. The number of benzene rings is 1. The SMILES string of the molecule is CC1CC(C)(C)N(C)c2cc(Cl)c(C=NO)cc21. The Morgan fingerprint density at radius 1 is 1.50 bits per heavy atom. The number of hydrogen-bond donors (Lipinski definition) is 1. The van der Waals surface area contributed by atoms with Crippen molar-refractivity contribution in [2.75, 3.05) is 11.9 Å². The lowest BCUT2D eigenvalue weighted by molar-refractivity contribution is 0.322. The van der Waals surface area contributed by atoms with E-state index in [4.69, 9.17) is 16.8 Å². The van der Waals surface area contributed by atoms with Crippen LogP contribution in [0, 0.1) is 0 Å². The Labute approximate surface area is 113 Å². The summed E-state index contributed by atoms with van der Waals surface area (Å²) >= 11 is 6.22. The van der Waals surface area contributed by atoms with Crippen LogP contribution >= 0.6 is 11.6 Å². The summed E-state index contributed by atoms with van der Waals surface area (Å²) in [6, 6.07) is 3.99. The van der Waals surface area contributed by atoms with E-state index in [-0.39, 0.29) is 5.54 Å². The van der Waals surface area contributed by atoms with Crippen LogP contribution in [0.5, 0.6) is 0 Å². The van der Waals surface area contributed by atoms with Crippen LogP contribution in [0.15, 0.2) is 17.3 Å². The van der Waals surface area contributed by atoms with Gasteiger partial charge in [-0.2, -0.15) is 0 Å². The highest BCUT2D eigenvalue weighted by Crippen LogP contribution is 2.43. The molecule has 0 radical (unpaired) electrons. The highest BCUT2D eigenvalue weighted by atomic mass is 35.5. The Morgan fingerprint density at radius 3 is 2.78 bits per heavy atom. The monoisotopic (exact) mass is 266 g/mol. The summed E-state index contributed by atoms with van der Waals surface area (Å²) in [6.07, 6.45) is 2.48. The molecule has 1 aromatic rings. The molecule has 1 aromatic carbocycles. The van der Waals surface area contributed by atoms with E-state index in [1.807, 2.05) is 12.1 Å². The maximum Gasteiger partial charge on any atom is 0.0748 e. The molecule has 1 N–H and O–H groups in total. The van der Waals surface area contributed by atoms with E-state index in [9.17, 15) is 0 Å². The van der Waals surface area contributed by atoms with Crippen molar-refractivity contribution in [3.05, 3.63) is 28.3 Å². The largest absolute Gasteiger partial charge is 0.411 e. The topological polar surface area (TPSA) is 35.8 Å². The minimum absolute atomic E-state index is 0.127. The zero-order chi connectivity index (χ0) is 13.5. The normalized spacial score (nSPS) is 22.3. The summed E-state index contributed by atoms with van der Waals surface area (Å²) in [5, 5.41) is 12.3. The molecule has 4 heteroatoms. The Morgan fingerprint density at radius 2 is 2.17 bits per heavy atom. The Bertz CT molecular complexity index is 497. The van der Waals surface area contributed by atoms with Gasteiger partial charge in [-0.05, 0) is 43.9 Å². The molecule has 2 rings (SSSR count). The number of nitrogens with zero attached hydrogens (tertiary/aromatic N) is 2. The van der Waals surface area contributed by atoms with Crippen LogP contribution in [0.25, 0.3) is 0 Å². The number of halogens is 1. The molecular formula is C14H19ClN2O. The smallest absolute Gasteiger partial charge is 0.0748 e. The molecule has 98 valence electrons. The standard InChI is InChI=1S/C14H19ClN2O/c1-9-7-14(2,3)17(4)13-6-12(15)10(8-16-18)5-11(9)13/h5-6,8-9,18H,7H2,1-4H3. The molecule has 0 amide bonds. The zero-order valence-electron chi connectivity index (χ0n) is 11.2. The van der Waals surface area contributed by atoms with Crippen molar-refractivity contribution in [3.8, 4) is 0 Å². The second kappa shape index (κ2) is 4.47. The lowest BCUT2D eigenvalue weighted by Gasteiger charge is -2.45. The van der Waals surface area contributed by atoms with Gasteiger partial charge in [-0.25, -0.2) is 0 Å². The van der Waals surface area contributed by atoms with Crippen molar-refractivity contribution in [2.45, 2.75) is 38.6 Å². The van der Waals surface area contributed by atoms with E-state index in [0.29, 0.717) is 10.9 Å². The predicted molar refractivity (Wildman–Crippen MR) is 76.3 cm³/mol. The maximum absolute atomic E-state index is 8.65. The fourth-order valence-electron chi connectivity index (χ4n) is 2.77.